The summed E-state index contributed by atoms with van der Waals surface area (Å²) in [7, 11) is 0. The smallest absolute Gasteiger partial charge is 0.272 e. The van der Waals surface area contributed by atoms with Crippen LogP contribution >= 0.6 is 23.2 Å². The third-order valence-corrected chi connectivity index (χ3v) is 10.1. The fourth-order valence-corrected chi connectivity index (χ4v) is 7.20. The molecule has 12 heteroatoms. The minimum absolute atomic E-state index is 0.106. The van der Waals surface area contributed by atoms with Crippen LogP contribution in [0.2, 0.25) is 10.0 Å². The summed E-state index contributed by atoms with van der Waals surface area (Å²) in [5.74, 6) is 0.167. The molecule has 0 saturated carbocycles. The molecule has 1 aliphatic rings. The number of nitrogens with one attached hydrogen (secondary N) is 2. The number of benzene rings is 3. The van der Waals surface area contributed by atoms with Gasteiger partial charge in [-0.3, -0.25) is 14.6 Å². The summed E-state index contributed by atoms with van der Waals surface area (Å²) < 4.78 is 2.10. The molecule has 1 saturated heterocycles. The lowest BCUT2D eigenvalue weighted by Crippen LogP contribution is -2.49. The van der Waals surface area contributed by atoms with Crippen molar-refractivity contribution >= 4 is 57.4 Å². The van der Waals surface area contributed by atoms with Gasteiger partial charge in [0.15, 0.2) is 5.82 Å². The summed E-state index contributed by atoms with van der Waals surface area (Å²) in [5, 5.41) is 5.18. The lowest BCUT2D eigenvalue weighted by Gasteiger charge is -2.36. The molecule has 0 spiro atoms. The lowest BCUT2D eigenvalue weighted by atomic mass is 9.99. The highest BCUT2D eigenvalue weighted by Crippen LogP contribution is 2.41. The second-order valence-corrected chi connectivity index (χ2v) is 13.7. The lowest BCUT2D eigenvalue weighted by molar-refractivity contribution is 0.0740. The molecule has 4 aromatic heterocycles. The van der Waals surface area contributed by atoms with Crippen molar-refractivity contribution in [1.82, 2.24) is 29.4 Å². The molecule has 10 nitrogen and oxygen atoms in total. The Balaban J connectivity index is 1.17. The molecule has 1 fully saturated rings. The zero-order valence-electron chi connectivity index (χ0n) is 28.7. The van der Waals surface area contributed by atoms with Gasteiger partial charge in [-0.1, -0.05) is 77.8 Å². The Labute approximate surface area is 316 Å². The van der Waals surface area contributed by atoms with E-state index in [-0.39, 0.29) is 17.9 Å². The van der Waals surface area contributed by atoms with Gasteiger partial charge in [-0.2, -0.15) is 0 Å². The first kappa shape index (κ1) is 34.1. The molecule has 7 aromatic rings. The Morgan fingerprint density at radius 2 is 1.53 bits per heavy atom. The van der Waals surface area contributed by atoms with Gasteiger partial charge < -0.3 is 24.7 Å². The number of anilines is 2. The highest BCUT2D eigenvalue weighted by Gasteiger charge is 2.29. The van der Waals surface area contributed by atoms with E-state index in [2.05, 4.69) is 36.7 Å². The van der Waals surface area contributed by atoms with Crippen molar-refractivity contribution in [1.29, 1.82) is 0 Å². The second kappa shape index (κ2) is 14.6. The highest BCUT2D eigenvalue weighted by atomic mass is 35.5. The first-order valence-electron chi connectivity index (χ1n) is 17.3. The molecule has 1 atom stereocenters. The van der Waals surface area contributed by atoms with Gasteiger partial charge in [0.25, 0.3) is 11.8 Å². The van der Waals surface area contributed by atoms with E-state index in [4.69, 9.17) is 28.2 Å². The van der Waals surface area contributed by atoms with Gasteiger partial charge in [0.2, 0.25) is 0 Å². The molecule has 0 radical (unpaired) electrons. The number of carbonyl (C=O) groups excluding carboxylic acids is 2. The van der Waals surface area contributed by atoms with Crippen LogP contribution in [0.15, 0.2) is 122 Å². The zero-order chi connectivity index (χ0) is 36.5. The Morgan fingerprint density at radius 3 is 2.28 bits per heavy atom. The van der Waals surface area contributed by atoms with Crippen molar-refractivity contribution in [2.24, 2.45) is 0 Å². The summed E-state index contributed by atoms with van der Waals surface area (Å²) in [5.41, 5.74) is 6.18. The van der Waals surface area contributed by atoms with Crippen molar-refractivity contribution in [2.45, 2.75) is 13.0 Å². The number of piperazine rings is 1. The Bertz CT molecular complexity index is 2420. The number of amides is 2. The van der Waals surface area contributed by atoms with E-state index >= 15 is 0 Å². The van der Waals surface area contributed by atoms with Crippen LogP contribution in [0.3, 0.4) is 0 Å². The van der Waals surface area contributed by atoms with Gasteiger partial charge in [0, 0.05) is 70.6 Å². The van der Waals surface area contributed by atoms with Gasteiger partial charge >= 0.3 is 0 Å². The number of pyridine rings is 2. The largest absolute Gasteiger partial charge is 0.351 e. The van der Waals surface area contributed by atoms with E-state index in [1.165, 1.54) is 0 Å². The maximum absolute atomic E-state index is 14.6. The molecule has 53 heavy (non-hydrogen) atoms. The number of hydrogen-bond acceptors (Lipinski definition) is 6. The van der Waals surface area contributed by atoms with E-state index in [9.17, 15) is 9.59 Å². The number of aromatic amines is 1. The Morgan fingerprint density at radius 1 is 0.792 bits per heavy atom. The van der Waals surface area contributed by atoms with Crippen LogP contribution in [-0.2, 0) is 0 Å². The topological polar surface area (TPSA) is 112 Å². The third-order valence-electron chi connectivity index (χ3n) is 9.62. The number of H-pyrrole nitrogens is 1. The fraction of sp³-hybridized carbons (Fsp3) is 0.146. The van der Waals surface area contributed by atoms with Gasteiger partial charge in [-0.05, 0) is 61.0 Å². The van der Waals surface area contributed by atoms with E-state index in [0.29, 0.717) is 70.2 Å². The van der Waals surface area contributed by atoms with Gasteiger partial charge in [-0.15, -0.1) is 0 Å². The summed E-state index contributed by atoms with van der Waals surface area (Å²) in [6, 6.07) is 32.1. The van der Waals surface area contributed by atoms with Gasteiger partial charge in [-0.25, -0.2) is 9.97 Å². The van der Waals surface area contributed by atoms with Crippen molar-refractivity contribution in [3.63, 3.8) is 0 Å². The van der Waals surface area contributed by atoms with E-state index in [1.54, 1.807) is 35.5 Å². The molecular weight excluding hydrogens is 707 g/mol. The highest BCUT2D eigenvalue weighted by molar-refractivity contribution is 6.31. The summed E-state index contributed by atoms with van der Waals surface area (Å²) in [4.78, 5) is 48.8. The van der Waals surface area contributed by atoms with Gasteiger partial charge in [0.1, 0.15) is 11.4 Å². The minimum atomic E-state index is -0.351. The number of aromatic nitrogens is 5. The molecule has 8 rings (SSSR count). The number of carbonyl (C=O) groups is 2. The van der Waals surface area contributed by atoms with E-state index < -0.39 is 0 Å². The molecule has 2 N–H and O–H groups in total. The second-order valence-electron chi connectivity index (χ2n) is 12.8. The summed E-state index contributed by atoms with van der Waals surface area (Å²) in [6.07, 6.45) is 5.15. The predicted molar refractivity (Wildman–Crippen MR) is 210 cm³/mol. The number of halogens is 2. The van der Waals surface area contributed by atoms with Crippen LogP contribution in [0, 0.1) is 0 Å². The van der Waals surface area contributed by atoms with Crippen LogP contribution in [-0.4, -0.2) is 67.4 Å². The maximum Gasteiger partial charge on any atom is 0.272 e. The van der Waals surface area contributed by atoms with Crippen molar-refractivity contribution in [3.8, 4) is 22.5 Å². The number of imidazole rings is 1. The monoisotopic (exact) mass is 740 g/mol. The SMILES string of the molecule is C[C@@H](c1ccc(Cl)cc1)n1cnc(-c2ccccc2)c1-c1c(C(=O)Nc2cccnc2N2CCN(C(=O)c3ccccn3)CC2)[nH]c2cc(Cl)ccc12. The van der Waals surface area contributed by atoms with Crippen LogP contribution in [0.25, 0.3) is 33.4 Å². The van der Waals surface area contributed by atoms with Crippen LogP contribution < -0.4 is 10.2 Å². The predicted octanol–water partition coefficient (Wildman–Crippen LogP) is 8.62. The first-order valence-corrected chi connectivity index (χ1v) is 18.0. The number of rotatable bonds is 8. The molecular formula is C41H34Cl2N8O2. The zero-order valence-corrected chi connectivity index (χ0v) is 30.2. The first-order chi connectivity index (χ1) is 25.9. The fourth-order valence-electron chi connectivity index (χ4n) is 6.90. The molecule has 264 valence electrons. The van der Waals surface area contributed by atoms with Crippen molar-refractivity contribution in [3.05, 3.63) is 149 Å². The molecule has 0 unspecified atom stereocenters. The molecule has 3 aromatic carbocycles. The van der Waals surface area contributed by atoms with E-state index in [0.717, 1.165) is 27.9 Å². The van der Waals surface area contributed by atoms with Crippen LogP contribution in [0.5, 0.6) is 0 Å². The normalized spacial score (nSPS) is 13.6. The standard InChI is InChI=1S/C41H34Cl2N8O2/c1-26(27-12-14-29(42)15-13-27)51-25-46-36(28-8-3-2-4-9-28)38(51)35-31-17-16-30(43)24-34(31)47-37(35)40(52)48-32-11-7-19-45-39(32)49-20-22-50(23-21-49)41(53)33-10-5-6-18-44-33/h2-19,24-26,47H,20-23H2,1H3,(H,48,52)/t26-/m0/s1. The molecule has 1 aliphatic heterocycles. The Hall–Kier alpha value is -5.97. The van der Waals surface area contributed by atoms with Crippen LogP contribution in [0.4, 0.5) is 11.5 Å². The summed E-state index contributed by atoms with van der Waals surface area (Å²) >= 11 is 12.8. The van der Waals surface area contributed by atoms with Crippen LogP contribution in [0.1, 0.15) is 39.5 Å². The molecule has 5 heterocycles. The number of hydrogen-bond donors (Lipinski definition) is 2. The average Bonchev–Trinajstić information content (AvgIpc) is 3.80. The number of nitrogens with zero attached hydrogens (tertiary/aromatic N) is 6. The summed E-state index contributed by atoms with van der Waals surface area (Å²) in [6.45, 7) is 4.16. The Kier molecular flexibility index (Phi) is 9.39. The molecule has 2 amide bonds. The third kappa shape index (κ3) is 6.74. The van der Waals surface area contributed by atoms with Gasteiger partial charge in [0.05, 0.1) is 29.4 Å². The van der Waals surface area contributed by atoms with Crippen molar-refractivity contribution in [2.75, 3.05) is 36.4 Å². The average molecular weight is 742 g/mol. The van der Waals surface area contributed by atoms with Crippen molar-refractivity contribution < 1.29 is 9.59 Å². The van der Waals surface area contributed by atoms with E-state index in [1.807, 2.05) is 91.3 Å². The molecule has 0 aliphatic carbocycles. The molecule has 0 bridgehead atoms. The number of fused-ring (bicyclic) bond motifs is 1. The maximum atomic E-state index is 14.6. The quantitative estimate of drug-likeness (QED) is 0.161. The minimum Gasteiger partial charge on any atom is -0.351 e.